The monoisotopic (exact) mass is 463 g/mol. The number of imidazole rings is 1. The molecule has 1 aromatic heterocycles. The number of rotatable bonds is 5. The summed E-state index contributed by atoms with van der Waals surface area (Å²) in [6.45, 7) is 7.10. The number of carbonyl (C=O) groups excluding carboxylic acids is 2. The van der Waals surface area contributed by atoms with Crippen LogP contribution in [0.5, 0.6) is 0 Å². The van der Waals surface area contributed by atoms with Crippen LogP contribution in [0, 0.1) is 5.82 Å². The van der Waals surface area contributed by atoms with Gasteiger partial charge in [-0.1, -0.05) is 26.0 Å². The van der Waals surface area contributed by atoms with E-state index in [9.17, 15) is 14.0 Å². The molecule has 1 N–H and O–H groups in total. The quantitative estimate of drug-likeness (QED) is 0.583. The zero-order valence-corrected chi connectivity index (χ0v) is 19.6. The van der Waals surface area contributed by atoms with E-state index in [1.54, 1.807) is 29.3 Å². The molecule has 8 heteroatoms. The molecule has 1 aliphatic heterocycles. The highest BCUT2D eigenvalue weighted by atomic mass is 19.1. The summed E-state index contributed by atoms with van der Waals surface area (Å²) in [6, 6.07) is 13.9. The molecule has 0 saturated carbocycles. The summed E-state index contributed by atoms with van der Waals surface area (Å²) >= 11 is 0. The second-order valence-corrected chi connectivity index (χ2v) is 8.83. The molecule has 7 nitrogen and oxygen atoms in total. The van der Waals surface area contributed by atoms with Gasteiger partial charge >= 0.3 is 11.8 Å². The van der Waals surface area contributed by atoms with E-state index in [0.29, 0.717) is 37.8 Å². The number of nitrogens with zero attached hydrogens (tertiary/aromatic N) is 4. The van der Waals surface area contributed by atoms with Crippen LogP contribution in [0.1, 0.15) is 37.6 Å². The zero-order chi connectivity index (χ0) is 24.1. The maximum absolute atomic E-state index is 13.2. The van der Waals surface area contributed by atoms with E-state index in [-0.39, 0.29) is 5.82 Å². The Kier molecular flexibility index (Phi) is 7.25. The van der Waals surface area contributed by atoms with Crippen molar-refractivity contribution in [1.82, 2.24) is 14.5 Å². The third-order valence-corrected chi connectivity index (χ3v) is 5.97. The fourth-order valence-corrected chi connectivity index (χ4v) is 4.26. The minimum atomic E-state index is -0.641. The summed E-state index contributed by atoms with van der Waals surface area (Å²) < 4.78 is 15.3. The predicted molar refractivity (Wildman–Crippen MR) is 130 cm³/mol. The molecule has 3 aromatic rings. The van der Waals surface area contributed by atoms with Gasteiger partial charge in [0.15, 0.2) is 0 Å². The second kappa shape index (κ2) is 10.5. The van der Waals surface area contributed by atoms with Gasteiger partial charge in [-0.05, 0) is 48.4 Å². The lowest BCUT2D eigenvalue weighted by atomic mass is 10.1. The van der Waals surface area contributed by atoms with Crippen molar-refractivity contribution >= 4 is 23.2 Å². The van der Waals surface area contributed by atoms with Gasteiger partial charge in [0.1, 0.15) is 11.6 Å². The van der Waals surface area contributed by atoms with Gasteiger partial charge in [-0.15, -0.1) is 0 Å². The van der Waals surface area contributed by atoms with E-state index >= 15 is 0 Å². The van der Waals surface area contributed by atoms with Gasteiger partial charge in [0.25, 0.3) is 0 Å². The van der Waals surface area contributed by atoms with E-state index in [0.717, 1.165) is 30.0 Å². The van der Waals surface area contributed by atoms with Crippen LogP contribution in [-0.4, -0.2) is 52.4 Å². The number of nitrogens with one attached hydrogen (secondary N) is 1. The van der Waals surface area contributed by atoms with Crippen LogP contribution in [0.25, 0.3) is 0 Å². The van der Waals surface area contributed by atoms with E-state index in [1.165, 1.54) is 12.1 Å². The van der Waals surface area contributed by atoms with E-state index in [2.05, 4.69) is 33.6 Å². The van der Waals surface area contributed by atoms with Gasteiger partial charge in [-0.2, -0.15) is 0 Å². The van der Waals surface area contributed by atoms with Crippen molar-refractivity contribution in [3.8, 4) is 0 Å². The second-order valence-electron chi connectivity index (χ2n) is 8.83. The molecule has 1 aliphatic rings. The van der Waals surface area contributed by atoms with Crippen LogP contribution in [-0.2, 0) is 16.1 Å². The molecule has 34 heavy (non-hydrogen) atoms. The lowest BCUT2D eigenvalue weighted by Crippen LogP contribution is -2.41. The van der Waals surface area contributed by atoms with Crippen molar-refractivity contribution in [3.05, 3.63) is 78.1 Å². The molecule has 178 valence electrons. The zero-order valence-electron chi connectivity index (χ0n) is 19.6. The molecule has 4 rings (SSSR count). The molecule has 2 aromatic carbocycles. The van der Waals surface area contributed by atoms with E-state index < -0.39 is 11.8 Å². The maximum atomic E-state index is 13.2. The summed E-state index contributed by atoms with van der Waals surface area (Å²) in [7, 11) is 0. The number of hydrogen-bond acceptors (Lipinski definition) is 4. The Balaban J connectivity index is 1.36. The summed E-state index contributed by atoms with van der Waals surface area (Å²) in [6.07, 6.45) is 4.46. The topological polar surface area (TPSA) is 70.5 Å². The summed E-state index contributed by atoms with van der Waals surface area (Å²) in [5.41, 5.74) is 2.51. The van der Waals surface area contributed by atoms with Crippen molar-refractivity contribution in [2.45, 2.75) is 32.7 Å². The Morgan fingerprint density at radius 3 is 2.62 bits per heavy atom. The first-order valence-electron chi connectivity index (χ1n) is 11.6. The smallest absolute Gasteiger partial charge is 0.313 e. The minimum Gasteiger partial charge on any atom is -0.370 e. The molecule has 1 fully saturated rings. The van der Waals surface area contributed by atoms with Crippen LogP contribution in [0.2, 0.25) is 0 Å². The molecular formula is C26H30FN5O2. The highest BCUT2D eigenvalue weighted by Gasteiger charge is 2.25. The van der Waals surface area contributed by atoms with Crippen molar-refractivity contribution < 1.29 is 14.0 Å². The molecule has 1 saturated heterocycles. The standard InChI is InChI=1S/C26H30FN5O2/c1-19(2)24-28-11-14-32(24)18-20-5-3-6-22(17-20)29-25(33)26(34)31-13-4-12-30(15-16-31)23-9-7-21(27)8-10-23/h3,5-11,14,17,19H,4,12-13,15-16,18H2,1-2H3,(H,29,33). The number of benzene rings is 2. The number of anilines is 2. The molecule has 2 heterocycles. The van der Waals surface area contributed by atoms with Gasteiger partial charge in [-0.25, -0.2) is 9.37 Å². The maximum Gasteiger partial charge on any atom is 0.313 e. The average molecular weight is 464 g/mol. The van der Waals surface area contributed by atoms with Gasteiger partial charge in [0.05, 0.1) is 0 Å². The summed E-state index contributed by atoms with van der Waals surface area (Å²) in [5.74, 6) is -0.147. The fourth-order valence-electron chi connectivity index (χ4n) is 4.26. The van der Waals surface area contributed by atoms with Crippen LogP contribution in [0.4, 0.5) is 15.8 Å². The minimum absolute atomic E-state index is 0.276. The first-order valence-corrected chi connectivity index (χ1v) is 11.6. The largest absolute Gasteiger partial charge is 0.370 e. The van der Waals surface area contributed by atoms with Gasteiger partial charge < -0.3 is 19.7 Å². The molecule has 2 amide bonds. The highest BCUT2D eigenvalue weighted by Crippen LogP contribution is 2.19. The number of hydrogen-bond donors (Lipinski definition) is 1. The lowest BCUT2D eigenvalue weighted by molar-refractivity contribution is -0.143. The molecule has 0 aliphatic carbocycles. The SMILES string of the molecule is CC(C)c1nccn1Cc1cccc(NC(=O)C(=O)N2CCCN(c3ccc(F)cc3)CC2)c1. The molecule has 0 radical (unpaired) electrons. The van der Waals surface area contributed by atoms with Crippen LogP contribution >= 0.6 is 0 Å². The lowest BCUT2D eigenvalue weighted by Gasteiger charge is -2.23. The summed E-state index contributed by atoms with van der Waals surface area (Å²) in [4.78, 5) is 33.7. The first-order chi connectivity index (χ1) is 16.4. The van der Waals surface area contributed by atoms with Gasteiger partial charge in [0, 0.05) is 62.4 Å². The Bertz CT molecular complexity index is 1140. The van der Waals surface area contributed by atoms with Crippen LogP contribution in [0.3, 0.4) is 0 Å². The number of carbonyl (C=O) groups is 2. The van der Waals surface area contributed by atoms with Crippen LogP contribution < -0.4 is 10.2 Å². The van der Waals surface area contributed by atoms with Crippen molar-refractivity contribution in [3.63, 3.8) is 0 Å². The third-order valence-electron chi connectivity index (χ3n) is 5.97. The van der Waals surface area contributed by atoms with E-state index in [1.807, 2.05) is 24.4 Å². The van der Waals surface area contributed by atoms with Crippen molar-refractivity contribution in [1.29, 1.82) is 0 Å². The molecular weight excluding hydrogens is 433 g/mol. The Morgan fingerprint density at radius 2 is 1.85 bits per heavy atom. The predicted octanol–water partition coefficient (Wildman–Crippen LogP) is 3.87. The third kappa shape index (κ3) is 5.62. The normalized spacial score (nSPS) is 14.2. The van der Waals surface area contributed by atoms with E-state index in [4.69, 9.17) is 0 Å². The number of amides is 2. The van der Waals surface area contributed by atoms with Crippen molar-refractivity contribution in [2.24, 2.45) is 0 Å². The molecule has 0 unspecified atom stereocenters. The Labute approximate surface area is 199 Å². The average Bonchev–Trinajstić information content (AvgIpc) is 3.14. The Morgan fingerprint density at radius 1 is 1.06 bits per heavy atom. The molecule has 0 spiro atoms. The van der Waals surface area contributed by atoms with Crippen molar-refractivity contribution in [2.75, 3.05) is 36.4 Å². The highest BCUT2D eigenvalue weighted by molar-refractivity contribution is 6.39. The van der Waals surface area contributed by atoms with Gasteiger partial charge in [-0.3, -0.25) is 9.59 Å². The van der Waals surface area contributed by atoms with Gasteiger partial charge in [0.2, 0.25) is 0 Å². The molecule has 0 bridgehead atoms. The summed E-state index contributed by atoms with van der Waals surface area (Å²) in [5, 5.41) is 2.76. The number of aromatic nitrogens is 2. The van der Waals surface area contributed by atoms with Crippen LogP contribution in [0.15, 0.2) is 60.9 Å². The Hall–Kier alpha value is -3.68. The fraction of sp³-hybridized carbons (Fsp3) is 0.346. The first kappa shape index (κ1) is 23.5. The number of halogens is 1. The molecule has 0 atom stereocenters.